The van der Waals surface area contributed by atoms with Crippen molar-refractivity contribution in [2.45, 2.75) is 12.7 Å². The van der Waals surface area contributed by atoms with Gasteiger partial charge >= 0.3 is 12.7 Å². The van der Waals surface area contributed by atoms with E-state index in [1.807, 2.05) is 0 Å². The van der Waals surface area contributed by atoms with Crippen LogP contribution in [0.5, 0.6) is 11.5 Å². The molecule has 0 unspecified atom stereocenters. The first kappa shape index (κ1) is 23.1. The van der Waals surface area contributed by atoms with Crippen LogP contribution in [-0.2, 0) is 0 Å². The lowest BCUT2D eigenvalue weighted by Crippen LogP contribution is -2.32. The predicted octanol–water partition coefficient (Wildman–Crippen LogP) is 5.70. The van der Waals surface area contributed by atoms with E-state index in [-0.39, 0.29) is 22.9 Å². The monoisotopic (exact) mass is 478 g/mol. The number of aromatic nitrogens is 2. The molecule has 0 spiro atoms. The van der Waals surface area contributed by atoms with E-state index < -0.39 is 12.7 Å². The number of ether oxygens (including phenoxy) is 2. The van der Waals surface area contributed by atoms with E-state index in [1.165, 1.54) is 45.5 Å². The SMILES string of the molecule is FC(F)(F)Oc1ccccc1-[n+]1ccc(-c2cc[n+](-c3ccccc3OC(F)(F)F)cc2)cc1. The summed E-state index contributed by atoms with van der Waals surface area (Å²) < 4.78 is 87.3. The largest absolute Gasteiger partial charge is 0.573 e. The van der Waals surface area contributed by atoms with Crippen LogP contribution in [0.4, 0.5) is 26.3 Å². The van der Waals surface area contributed by atoms with Crippen LogP contribution in [0.2, 0.25) is 0 Å². The Labute approximate surface area is 189 Å². The summed E-state index contributed by atoms with van der Waals surface area (Å²) in [5.41, 5.74) is 1.91. The number of benzene rings is 2. The Morgan fingerprint density at radius 1 is 0.471 bits per heavy atom. The fraction of sp³-hybridized carbons (Fsp3) is 0.0833. The van der Waals surface area contributed by atoms with Crippen molar-refractivity contribution in [2.75, 3.05) is 0 Å². The molecule has 0 aliphatic carbocycles. The summed E-state index contributed by atoms with van der Waals surface area (Å²) in [6, 6.07) is 18.3. The molecule has 174 valence electrons. The van der Waals surface area contributed by atoms with E-state index in [0.29, 0.717) is 0 Å². The molecule has 0 aliphatic rings. The molecule has 0 amide bonds. The molecule has 0 saturated carbocycles. The zero-order valence-corrected chi connectivity index (χ0v) is 17.2. The van der Waals surface area contributed by atoms with Gasteiger partial charge in [0.2, 0.25) is 11.5 Å². The molecule has 0 saturated heterocycles. The van der Waals surface area contributed by atoms with Crippen LogP contribution >= 0.6 is 0 Å². The van der Waals surface area contributed by atoms with Crippen LogP contribution in [0, 0.1) is 0 Å². The van der Waals surface area contributed by atoms with E-state index in [4.69, 9.17) is 0 Å². The van der Waals surface area contributed by atoms with Gasteiger partial charge in [0.25, 0.3) is 11.4 Å². The van der Waals surface area contributed by atoms with Gasteiger partial charge in [0.1, 0.15) is 0 Å². The molecular weight excluding hydrogens is 462 g/mol. The van der Waals surface area contributed by atoms with Crippen LogP contribution < -0.4 is 18.6 Å². The molecule has 0 N–H and O–H groups in total. The maximum Gasteiger partial charge on any atom is 0.573 e. The van der Waals surface area contributed by atoms with E-state index in [9.17, 15) is 26.3 Å². The number of hydrogen-bond acceptors (Lipinski definition) is 2. The quantitative estimate of drug-likeness (QED) is 0.272. The molecule has 2 aromatic carbocycles. The van der Waals surface area contributed by atoms with E-state index in [0.717, 1.165) is 11.1 Å². The molecule has 4 aromatic rings. The van der Waals surface area contributed by atoms with Gasteiger partial charge < -0.3 is 9.47 Å². The second-order valence-electron chi connectivity index (χ2n) is 7.02. The summed E-state index contributed by atoms with van der Waals surface area (Å²) in [5.74, 6) is -0.679. The minimum absolute atomic E-state index is 0.207. The molecule has 0 fully saturated rings. The van der Waals surface area contributed by atoms with Crippen molar-refractivity contribution in [3.8, 4) is 34.0 Å². The lowest BCUT2D eigenvalue weighted by molar-refractivity contribution is -0.597. The summed E-state index contributed by atoms with van der Waals surface area (Å²) >= 11 is 0. The van der Waals surface area contributed by atoms with Crippen LogP contribution in [0.15, 0.2) is 97.6 Å². The third-order valence-corrected chi connectivity index (χ3v) is 4.73. The maximum atomic E-state index is 12.7. The van der Waals surface area contributed by atoms with Crippen molar-refractivity contribution < 1.29 is 45.0 Å². The summed E-state index contributed by atoms with van der Waals surface area (Å²) in [6.45, 7) is 0. The van der Waals surface area contributed by atoms with Gasteiger partial charge in [-0.25, -0.2) is 0 Å². The van der Waals surface area contributed by atoms with Gasteiger partial charge in [0.05, 0.1) is 0 Å². The van der Waals surface area contributed by atoms with Gasteiger partial charge in [0.15, 0.2) is 24.8 Å². The van der Waals surface area contributed by atoms with Crippen molar-refractivity contribution in [1.82, 2.24) is 0 Å². The lowest BCUT2D eigenvalue weighted by Gasteiger charge is -2.10. The van der Waals surface area contributed by atoms with Gasteiger partial charge in [-0.1, -0.05) is 24.3 Å². The van der Waals surface area contributed by atoms with Crippen LogP contribution in [0.1, 0.15) is 0 Å². The number of pyridine rings is 2. The molecule has 0 bridgehead atoms. The molecule has 10 heteroatoms. The number of hydrogen-bond donors (Lipinski definition) is 0. The number of halogens is 6. The minimum atomic E-state index is -4.82. The number of rotatable bonds is 5. The minimum Gasteiger partial charge on any atom is -0.399 e. The Morgan fingerprint density at radius 2 is 0.794 bits per heavy atom. The molecule has 2 aromatic heterocycles. The zero-order valence-electron chi connectivity index (χ0n) is 17.2. The van der Waals surface area contributed by atoms with Crippen LogP contribution in [-0.4, -0.2) is 12.7 Å². The van der Waals surface area contributed by atoms with E-state index in [2.05, 4.69) is 9.47 Å². The summed E-state index contributed by atoms with van der Waals surface area (Å²) in [5, 5.41) is 0. The summed E-state index contributed by atoms with van der Waals surface area (Å²) in [4.78, 5) is 0. The number of para-hydroxylation sites is 4. The second kappa shape index (κ2) is 9.05. The van der Waals surface area contributed by atoms with Gasteiger partial charge in [-0.15, -0.1) is 26.3 Å². The lowest BCUT2D eigenvalue weighted by atomic mass is 10.1. The average molecular weight is 478 g/mol. The Balaban J connectivity index is 1.58. The average Bonchev–Trinajstić information content (AvgIpc) is 2.78. The highest BCUT2D eigenvalue weighted by atomic mass is 19.4. The van der Waals surface area contributed by atoms with Crippen molar-refractivity contribution >= 4 is 0 Å². The molecule has 2 heterocycles. The summed E-state index contributed by atoms with van der Waals surface area (Å²) in [7, 11) is 0. The van der Waals surface area contributed by atoms with Crippen molar-refractivity contribution in [3.05, 3.63) is 97.6 Å². The van der Waals surface area contributed by atoms with Gasteiger partial charge in [-0.3, -0.25) is 0 Å². The molecule has 0 radical (unpaired) electrons. The zero-order chi connectivity index (χ0) is 24.3. The first-order valence-electron chi connectivity index (χ1n) is 9.82. The van der Waals surface area contributed by atoms with Crippen molar-refractivity contribution in [1.29, 1.82) is 0 Å². The highest BCUT2D eigenvalue weighted by molar-refractivity contribution is 5.61. The fourth-order valence-corrected chi connectivity index (χ4v) is 3.32. The Morgan fingerprint density at radius 3 is 1.12 bits per heavy atom. The standard InChI is InChI=1S/C24H16F6N2O2/c25-23(26,27)33-21-7-3-1-5-19(21)31-13-9-17(10-14-31)18-11-15-32(16-12-18)20-6-2-4-8-22(20)34-24(28,29)30/h1-16H/q+2. The van der Waals surface area contributed by atoms with Crippen molar-refractivity contribution in [3.63, 3.8) is 0 Å². The predicted molar refractivity (Wildman–Crippen MR) is 108 cm³/mol. The van der Waals surface area contributed by atoms with Gasteiger partial charge in [-0.05, 0) is 23.3 Å². The van der Waals surface area contributed by atoms with Crippen molar-refractivity contribution in [2.24, 2.45) is 0 Å². The van der Waals surface area contributed by atoms with E-state index in [1.54, 1.807) is 61.2 Å². The fourth-order valence-electron chi connectivity index (χ4n) is 3.32. The van der Waals surface area contributed by atoms with Crippen LogP contribution in [0.25, 0.3) is 22.5 Å². The first-order chi connectivity index (χ1) is 16.1. The first-order valence-corrected chi connectivity index (χ1v) is 9.82. The number of nitrogens with zero attached hydrogens (tertiary/aromatic N) is 2. The Hall–Kier alpha value is -4.08. The van der Waals surface area contributed by atoms with E-state index >= 15 is 0 Å². The number of alkyl halides is 6. The maximum absolute atomic E-state index is 12.7. The molecule has 0 aliphatic heterocycles. The molecular formula is C24H16F6N2O2+2. The second-order valence-corrected chi connectivity index (χ2v) is 7.02. The highest BCUT2D eigenvalue weighted by Crippen LogP contribution is 2.28. The molecule has 4 nitrogen and oxygen atoms in total. The molecule has 4 rings (SSSR count). The topological polar surface area (TPSA) is 26.2 Å². The third-order valence-electron chi connectivity index (χ3n) is 4.73. The third kappa shape index (κ3) is 5.64. The smallest absolute Gasteiger partial charge is 0.399 e. The van der Waals surface area contributed by atoms with Crippen LogP contribution in [0.3, 0.4) is 0 Å². The molecule has 34 heavy (non-hydrogen) atoms. The van der Waals surface area contributed by atoms with Gasteiger partial charge in [0, 0.05) is 36.4 Å². The van der Waals surface area contributed by atoms with Gasteiger partial charge in [-0.2, -0.15) is 9.13 Å². The Kier molecular flexibility index (Phi) is 6.14. The summed E-state index contributed by atoms with van der Waals surface area (Å²) in [6.07, 6.45) is -3.30. The molecule has 0 atom stereocenters. The highest BCUT2D eigenvalue weighted by Gasteiger charge is 2.34. The Bertz CT molecular complexity index is 1170. The normalized spacial score (nSPS) is 11.8.